The Bertz CT molecular complexity index is 488. The molecule has 2 aliphatic heterocycles. The normalized spacial score (nSPS) is 23.2. The minimum Gasteiger partial charge on any atom is -0.324 e. The molecule has 0 aromatic heterocycles. The number of anilines is 1. The fourth-order valence-corrected chi connectivity index (χ4v) is 3.91. The van der Waals surface area contributed by atoms with Crippen molar-refractivity contribution in [3.63, 3.8) is 0 Å². The minimum absolute atomic E-state index is 0.0726. The standard InChI is InChI=1S/C16H23N3OS/c20-16-15(17-7-8-19-9-11-21-12-10-19)6-5-13-3-1-2-4-14(13)18-16/h1-4,15,17H,5-12H2,(H,18,20). The second kappa shape index (κ2) is 7.29. The number of aryl methyl sites for hydroxylation is 1. The highest BCUT2D eigenvalue weighted by Crippen LogP contribution is 2.21. The van der Waals surface area contributed by atoms with Crippen molar-refractivity contribution in [2.75, 3.05) is 43.0 Å². The first-order valence-electron chi connectivity index (χ1n) is 7.75. The van der Waals surface area contributed by atoms with Gasteiger partial charge < -0.3 is 15.5 Å². The van der Waals surface area contributed by atoms with Crippen molar-refractivity contribution in [3.8, 4) is 0 Å². The third-order valence-electron chi connectivity index (χ3n) is 4.22. The zero-order valence-electron chi connectivity index (χ0n) is 12.3. The molecule has 1 fully saturated rings. The molecule has 0 spiro atoms. The van der Waals surface area contributed by atoms with Gasteiger partial charge in [-0.05, 0) is 24.5 Å². The van der Waals surface area contributed by atoms with Crippen molar-refractivity contribution in [2.24, 2.45) is 0 Å². The highest BCUT2D eigenvalue weighted by atomic mass is 32.2. The Labute approximate surface area is 130 Å². The maximum Gasteiger partial charge on any atom is 0.241 e. The van der Waals surface area contributed by atoms with Gasteiger partial charge in [0, 0.05) is 43.4 Å². The number of carbonyl (C=O) groups is 1. The van der Waals surface area contributed by atoms with E-state index in [-0.39, 0.29) is 11.9 Å². The summed E-state index contributed by atoms with van der Waals surface area (Å²) in [7, 11) is 0. The summed E-state index contributed by atoms with van der Waals surface area (Å²) in [5.74, 6) is 2.58. The lowest BCUT2D eigenvalue weighted by Gasteiger charge is -2.27. The highest BCUT2D eigenvalue weighted by Gasteiger charge is 2.22. The van der Waals surface area contributed by atoms with Crippen molar-refractivity contribution in [1.82, 2.24) is 10.2 Å². The number of rotatable bonds is 4. The Morgan fingerprint density at radius 3 is 2.95 bits per heavy atom. The van der Waals surface area contributed by atoms with Crippen molar-refractivity contribution in [2.45, 2.75) is 18.9 Å². The highest BCUT2D eigenvalue weighted by molar-refractivity contribution is 7.99. The molecule has 1 aromatic rings. The summed E-state index contributed by atoms with van der Waals surface area (Å²) in [6.07, 6.45) is 1.83. The van der Waals surface area contributed by atoms with Crippen LogP contribution in [0.25, 0.3) is 0 Å². The monoisotopic (exact) mass is 305 g/mol. The van der Waals surface area contributed by atoms with Gasteiger partial charge in [0.1, 0.15) is 0 Å². The first kappa shape index (κ1) is 14.9. The van der Waals surface area contributed by atoms with Crippen LogP contribution in [-0.2, 0) is 11.2 Å². The largest absolute Gasteiger partial charge is 0.324 e. The third-order valence-corrected chi connectivity index (χ3v) is 5.16. The summed E-state index contributed by atoms with van der Waals surface area (Å²) < 4.78 is 0. The lowest BCUT2D eigenvalue weighted by Crippen LogP contribution is -2.44. The van der Waals surface area contributed by atoms with Crippen LogP contribution in [-0.4, -0.2) is 54.5 Å². The number of fused-ring (bicyclic) bond motifs is 1. The van der Waals surface area contributed by atoms with E-state index in [1.165, 1.54) is 30.2 Å². The average Bonchev–Trinajstić information content (AvgIpc) is 2.68. The number of hydrogen-bond donors (Lipinski definition) is 2. The van der Waals surface area contributed by atoms with Crippen LogP contribution in [0.2, 0.25) is 0 Å². The molecule has 2 N–H and O–H groups in total. The molecule has 4 nitrogen and oxygen atoms in total. The second-order valence-electron chi connectivity index (χ2n) is 5.65. The van der Waals surface area contributed by atoms with Crippen LogP contribution in [0.15, 0.2) is 24.3 Å². The Balaban J connectivity index is 1.49. The van der Waals surface area contributed by atoms with Crippen molar-refractivity contribution in [1.29, 1.82) is 0 Å². The maximum atomic E-state index is 12.3. The Morgan fingerprint density at radius 2 is 2.10 bits per heavy atom. The summed E-state index contributed by atoms with van der Waals surface area (Å²) in [5.41, 5.74) is 2.21. The molecule has 1 saturated heterocycles. The first-order chi connectivity index (χ1) is 10.3. The van der Waals surface area contributed by atoms with Gasteiger partial charge in [-0.2, -0.15) is 11.8 Å². The van der Waals surface area contributed by atoms with Gasteiger partial charge >= 0.3 is 0 Å². The lowest BCUT2D eigenvalue weighted by atomic mass is 10.1. The summed E-state index contributed by atoms with van der Waals surface area (Å²) >= 11 is 2.03. The Kier molecular flexibility index (Phi) is 5.17. The maximum absolute atomic E-state index is 12.3. The van der Waals surface area contributed by atoms with Gasteiger partial charge in [-0.15, -0.1) is 0 Å². The molecule has 2 aliphatic rings. The van der Waals surface area contributed by atoms with E-state index in [1.807, 2.05) is 30.0 Å². The quantitative estimate of drug-likeness (QED) is 0.886. The first-order valence-corrected chi connectivity index (χ1v) is 8.90. The summed E-state index contributed by atoms with van der Waals surface area (Å²) in [6, 6.07) is 8.02. The number of nitrogens with one attached hydrogen (secondary N) is 2. The molecular weight excluding hydrogens is 282 g/mol. The Morgan fingerprint density at radius 1 is 1.29 bits per heavy atom. The van der Waals surface area contributed by atoms with Crippen LogP contribution in [0.5, 0.6) is 0 Å². The molecule has 0 bridgehead atoms. The molecule has 1 aromatic carbocycles. The molecule has 1 atom stereocenters. The van der Waals surface area contributed by atoms with Crippen LogP contribution in [0.3, 0.4) is 0 Å². The molecule has 5 heteroatoms. The smallest absolute Gasteiger partial charge is 0.241 e. The van der Waals surface area contributed by atoms with Gasteiger partial charge in [0.05, 0.1) is 6.04 Å². The molecule has 1 amide bonds. The van der Waals surface area contributed by atoms with E-state index in [4.69, 9.17) is 0 Å². The minimum atomic E-state index is -0.0726. The van der Waals surface area contributed by atoms with Gasteiger partial charge in [-0.3, -0.25) is 4.79 Å². The molecular formula is C16H23N3OS. The number of benzene rings is 1. The molecule has 0 aliphatic carbocycles. The second-order valence-corrected chi connectivity index (χ2v) is 6.87. The molecule has 21 heavy (non-hydrogen) atoms. The van der Waals surface area contributed by atoms with E-state index >= 15 is 0 Å². The lowest BCUT2D eigenvalue weighted by molar-refractivity contribution is -0.118. The van der Waals surface area contributed by atoms with Crippen molar-refractivity contribution < 1.29 is 4.79 Å². The molecule has 2 heterocycles. The third kappa shape index (κ3) is 3.99. The van der Waals surface area contributed by atoms with E-state index < -0.39 is 0 Å². The van der Waals surface area contributed by atoms with E-state index in [0.717, 1.165) is 31.6 Å². The molecule has 3 rings (SSSR count). The zero-order chi connectivity index (χ0) is 14.5. The summed E-state index contributed by atoms with van der Waals surface area (Å²) in [5, 5.41) is 6.48. The number of thioether (sulfide) groups is 1. The van der Waals surface area contributed by atoms with Gasteiger partial charge in [-0.25, -0.2) is 0 Å². The number of hydrogen-bond acceptors (Lipinski definition) is 4. The van der Waals surface area contributed by atoms with Gasteiger partial charge in [-0.1, -0.05) is 18.2 Å². The fraction of sp³-hybridized carbons (Fsp3) is 0.562. The van der Waals surface area contributed by atoms with E-state index in [9.17, 15) is 4.79 Å². The zero-order valence-corrected chi connectivity index (χ0v) is 13.1. The predicted molar refractivity (Wildman–Crippen MR) is 88.9 cm³/mol. The van der Waals surface area contributed by atoms with Gasteiger partial charge in [0.25, 0.3) is 0 Å². The van der Waals surface area contributed by atoms with Crippen LogP contribution in [0.4, 0.5) is 5.69 Å². The molecule has 0 saturated carbocycles. The van der Waals surface area contributed by atoms with E-state index in [1.54, 1.807) is 0 Å². The topological polar surface area (TPSA) is 44.4 Å². The van der Waals surface area contributed by atoms with Gasteiger partial charge in [0.15, 0.2) is 0 Å². The number of para-hydroxylation sites is 1. The number of nitrogens with zero attached hydrogens (tertiary/aromatic N) is 1. The van der Waals surface area contributed by atoms with Crippen LogP contribution >= 0.6 is 11.8 Å². The number of carbonyl (C=O) groups excluding carboxylic acids is 1. The van der Waals surface area contributed by atoms with Crippen LogP contribution in [0.1, 0.15) is 12.0 Å². The SMILES string of the molecule is O=C1Nc2ccccc2CCC1NCCN1CCSCC1. The fourth-order valence-electron chi connectivity index (χ4n) is 2.93. The molecule has 0 radical (unpaired) electrons. The van der Waals surface area contributed by atoms with Crippen molar-refractivity contribution >= 4 is 23.4 Å². The van der Waals surface area contributed by atoms with E-state index in [2.05, 4.69) is 21.6 Å². The number of amides is 1. The summed E-state index contributed by atoms with van der Waals surface area (Å²) in [4.78, 5) is 14.7. The average molecular weight is 305 g/mol. The van der Waals surface area contributed by atoms with Gasteiger partial charge in [0.2, 0.25) is 5.91 Å². The van der Waals surface area contributed by atoms with E-state index in [0.29, 0.717) is 0 Å². The molecule has 1 unspecified atom stereocenters. The van der Waals surface area contributed by atoms with Crippen molar-refractivity contribution in [3.05, 3.63) is 29.8 Å². The van der Waals surface area contributed by atoms with Crippen LogP contribution < -0.4 is 10.6 Å². The summed E-state index contributed by atoms with van der Waals surface area (Å²) in [6.45, 7) is 4.28. The Hall–Kier alpha value is -1.04. The molecule has 114 valence electrons. The van der Waals surface area contributed by atoms with Crippen LogP contribution in [0, 0.1) is 0 Å². The predicted octanol–water partition coefficient (Wildman–Crippen LogP) is 1.58.